The van der Waals surface area contributed by atoms with E-state index in [0.717, 1.165) is 25.9 Å². The molecule has 0 spiro atoms. The molecule has 1 rings (SSSR count). The zero-order valence-corrected chi connectivity index (χ0v) is 13.7. The first kappa shape index (κ1) is 21.3. The van der Waals surface area contributed by atoms with Crippen LogP contribution in [0.2, 0.25) is 0 Å². The maximum Gasteiger partial charge on any atom is 0.237 e. The molecule has 2 atom stereocenters. The third-order valence-corrected chi connectivity index (χ3v) is 3.71. The normalized spacial score (nSPS) is 18.1. The summed E-state index contributed by atoms with van der Waals surface area (Å²) in [4.78, 5) is 14.1. The second kappa shape index (κ2) is 11.8. The molecule has 1 fully saturated rings. The fourth-order valence-electron chi connectivity index (χ4n) is 2.15. The molecule has 1 aliphatic rings. The van der Waals surface area contributed by atoms with Gasteiger partial charge >= 0.3 is 0 Å². The van der Waals surface area contributed by atoms with E-state index in [0.29, 0.717) is 0 Å². The molecule has 0 aromatic heterocycles. The molecule has 1 heterocycles. The first-order valence-electron chi connectivity index (χ1n) is 6.90. The van der Waals surface area contributed by atoms with Gasteiger partial charge in [0.25, 0.3) is 0 Å². The molecule has 0 bridgehead atoms. The Morgan fingerprint density at radius 1 is 1.32 bits per heavy atom. The summed E-state index contributed by atoms with van der Waals surface area (Å²) in [5.41, 5.74) is 5.85. The number of hydrogen-bond acceptors (Lipinski definition) is 3. The molecule has 0 aromatic rings. The van der Waals surface area contributed by atoms with Crippen LogP contribution >= 0.6 is 24.8 Å². The van der Waals surface area contributed by atoms with Crippen molar-refractivity contribution in [2.75, 3.05) is 26.2 Å². The molecule has 1 amide bonds. The second-order valence-electron chi connectivity index (χ2n) is 5.10. The van der Waals surface area contributed by atoms with E-state index < -0.39 is 0 Å². The Labute approximate surface area is 129 Å². The zero-order valence-electron chi connectivity index (χ0n) is 12.1. The number of halogens is 2. The maximum absolute atomic E-state index is 11.7. The summed E-state index contributed by atoms with van der Waals surface area (Å²) in [7, 11) is 0. The molecule has 116 valence electrons. The molecular formula is C13H29Cl2N3O. The highest BCUT2D eigenvalue weighted by atomic mass is 35.5. The van der Waals surface area contributed by atoms with Gasteiger partial charge in [0, 0.05) is 6.54 Å². The standard InChI is InChI=1S/C13H27N3O.2ClH/c1-3-11(2)12(14)13(17)15-7-6-10-16-8-4-5-9-16;;/h11-12H,3-10,14H2,1-2H3,(H,15,17);2*1H. The fourth-order valence-corrected chi connectivity index (χ4v) is 2.15. The average Bonchev–Trinajstić information content (AvgIpc) is 2.85. The van der Waals surface area contributed by atoms with Crippen molar-refractivity contribution in [1.29, 1.82) is 0 Å². The number of amides is 1. The molecule has 3 N–H and O–H groups in total. The third-order valence-electron chi connectivity index (χ3n) is 3.71. The first-order chi connectivity index (χ1) is 8.15. The van der Waals surface area contributed by atoms with E-state index in [1.807, 2.05) is 6.92 Å². The molecule has 0 radical (unpaired) electrons. The van der Waals surface area contributed by atoms with Crippen LogP contribution in [0.3, 0.4) is 0 Å². The van der Waals surface area contributed by atoms with Gasteiger partial charge in [-0.05, 0) is 44.8 Å². The number of likely N-dealkylation sites (tertiary alicyclic amines) is 1. The van der Waals surface area contributed by atoms with Gasteiger partial charge in [0.2, 0.25) is 5.91 Å². The minimum absolute atomic E-state index is 0. The molecule has 0 aliphatic carbocycles. The number of nitrogens with one attached hydrogen (secondary N) is 1. The molecule has 2 unspecified atom stereocenters. The molecule has 1 aliphatic heterocycles. The zero-order chi connectivity index (χ0) is 12.7. The summed E-state index contributed by atoms with van der Waals surface area (Å²) in [6, 6.07) is -0.355. The SMILES string of the molecule is CCC(C)C(N)C(=O)NCCCN1CCCC1.Cl.Cl. The summed E-state index contributed by atoms with van der Waals surface area (Å²) < 4.78 is 0. The lowest BCUT2D eigenvalue weighted by Gasteiger charge is -2.18. The van der Waals surface area contributed by atoms with Crippen molar-refractivity contribution < 1.29 is 4.79 Å². The van der Waals surface area contributed by atoms with Crippen molar-refractivity contribution >= 4 is 30.7 Å². The summed E-state index contributed by atoms with van der Waals surface area (Å²) in [6.07, 6.45) is 4.62. The smallest absolute Gasteiger partial charge is 0.237 e. The van der Waals surface area contributed by atoms with E-state index in [2.05, 4.69) is 17.1 Å². The average molecular weight is 314 g/mol. The monoisotopic (exact) mass is 313 g/mol. The number of carbonyl (C=O) groups is 1. The quantitative estimate of drug-likeness (QED) is 0.705. The third kappa shape index (κ3) is 7.98. The Kier molecular flexibility index (Phi) is 13.2. The Morgan fingerprint density at radius 3 is 2.42 bits per heavy atom. The molecule has 6 heteroatoms. The van der Waals surface area contributed by atoms with Crippen molar-refractivity contribution in [3.8, 4) is 0 Å². The van der Waals surface area contributed by atoms with Gasteiger partial charge in [-0.3, -0.25) is 4.79 Å². The van der Waals surface area contributed by atoms with Crippen LogP contribution in [0.25, 0.3) is 0 Å². The number of hydrogen-bond donors (Lipinski definition) is 2. The van der Waals surface area contributed by atoms with Crippen LogP contribution in [0.1, 0.15) is 39.5 Å². The number of nitrogens with zero attached hydrogens (tertiary/aromatic N) is 1. The number of rotatable bonds is 7. The molecular weight excluding hydrogens is 285 g/mol. The highest BCUT2D eigenvalue weighted by Gasteiger charge is 2.18. The fraction of sp³-hybridized carbons (Fsp3) is 0.923. The van der Waals surface area contributed by atoms with Crippen molar-refractivity contribution in [1.82, 2.24) is 10.2 Å². The summed E-state index contributed by atoms with van der Waals surface area (Å²) in [6.45, 7) is 8.37. The largest absolute Gasteiger partial charge is 0.355 e. The maximum atomic E-state index is 11.7. The van der Waals surface area contributed by atoms with Crippen LogP contribution in [0, 0.1) is 5.92 Å². The topological polar surface area (TPSA) is 58.4 Å². The highest BCUT2D eigenvalue weighted by molar-refractivity contribution is 5.85. The van der Waals surface area contributed by atoms with Gasteiger partial charge in [-0.25, -0.2) is 0 Å². The Morgan fingerprint density at radius 2 is 1.89 bits per heavy atom. The lowest BCUT2D eigenvalue weighted by atomic mass is 9.99. The lowest BCUT2D eigenvalue weighted by molar-refractivity contribution is -0.123. The predicted octanol–water partition coefficient (Wildman–Crippen LogP) is 1.81. The molecule has 1 saturated heterocycles. The first-order valence-corrected chi connectivity index (χ1v) is 6.90. The van der Waals surface area contributed by atoms with Crippen molar-refractivity contribution in [3.63, 3.8) is 0 Å². The van der Waals surface area contributed by atoms with Crippen LogP contribution in [-0.2, 0) is 4.79 Å². The predicted molar refractivity (Wildman–Crippen MR) is 85.2 cm³/mol. The molecule has 4 nitrogen and oxygen atoms in total. The van der Waals surface area contributed by atoms with Gasteiger partial charge in [0.15, 0.2) is 0 Å². The Bertz CT molecular complexity index is 236. The molecule has 0 saturated carbocycles. The minimum Gasteiger partial charge on any atom is -0.355 e. The van der Waals surface area contributed by atoms with E-state index in [1.54, 1.807) is 0 Å². The summed E-state index contributed by atoms with van der Waals surface area (Å²) in [5.74, 6) is 0.259. The van der Waals surface area contributed by atoms with E-state index >= 15 is 0 Å². The summed E-state index contributed by atoms with van der Waals surface area (Å²) in [5, 5.41) is 2.93. The number of carbonyl (C=O) groups excluding carboxylic acids is 1. The van der Waals surface area contributed by atoms with E-state index in [-0.39, 0.29) is 42.7 Å². The van der Waals surface area contributed by atoms with E-state index in [9.17, 15) is 4.79 Å². The van der Waals surface area contributed by atoms with Gasteiger partial charge in [0.1, 0.15) is 0 Å². The molecule has 0 aromatic carbocycles. The van der Waals surface area contributed by atoms with Crippen LogP contribution in [0.15, 0.2) is 0 Å². The van der Waals surface area contributed by atoms with Gasteiger partial charge in [-0.15, -0.1) is 24.8 Å². The van der Waals surface area contributed by atoms with Crippen LogP contribution < -0.4 is 11.1 Å². The van der Waals surface area contributed by atoms with Crippen molar-refractivity contribution in [3.05, 3.63) is 0 Å². The Hall–Kier alpha value is -0.0300. The lowest BCUT2D eigenvalue weighted by Crippen LogP contribution is -2.45. The summed E-state index contributed by atoms with van der Waals surface area (Å²) >= 11 is 0. The highest BCUT2D eigenvalue weighted by Crippen LogP contribution is 2.07. The second-order valence-corrected chi connectivity index (χ2v) is 5.10. The van der Waals surface area contributed by atoms with Gasteiger partial charge < -0.3 is 16.0 Å². The van der Waals surface area contributed by atoms with E-state index in [4.69, 9.17) is 5.73 Å². The van der Waals surface area contributed by atoms with Crippen LogP contribution in [-0.4, -0.2) is 43.0 Å². The van der Waals surface area contributed by atoms with Crippen molar-refractivity contribution in [2.24, 2.45) is 11.7 Å². The number of nitrogens with two attached hydrogens (primary N) is 1. The van der Waals surface area contributed by atoms with Crippen LogP contribution in [0.5, 0.6) is 0 Å². The minimum atomic E-state index is -0.355. The molecule has 19 heavy (non-hydrogen) atoms. The van der Waals surface area contributed by atoms with Gasteiger partial charge in [-0.2, -0.15) is 0 Å². The Balaban J connectivity index is 0. The van der Waals surface area contributed by atoms with Crippen LogP contribution in [0.4, 0.5) is 0 Å². The van der Waals surface area contributed by atoms with E-state index in [1.165, 1.54) is 25.9 Å². The van der Waals surface area contributed by atoms with Crippen molar-refractivity contribution in [2.45, 2.75) is 45.6 Å². The van der Waals surface area contributed by atoms with Gasteiger partial charge in [-0.1, -0.05) is 20.3 Å². The van der Waals surface area contributed by atoms with Gasteiger partial charge in [0.05, 0.1) is 6.04 Å².